The first kappa shape index (κ1) is 33.7. The number of aliphatic hydroxyl groups is 1. The number of hydrogen-bond donors (Lipinski definition) is 1. The summed E-state index contributed by atoms with van der Waals surface area (Å²) < 4.78 is 46.1. The van der Waals surface area contributed by atoms with E-state index in [0.29, 0.717) is 31.4 Å². The lowest BCUT2D eigenvalue weighted by molar-refractivity contribution is -0.330. The van der Waals surface area contributed by atoms with Gasteiger partial charge in [0.05, 0.1) is 24.4 Å². The van der Waals surface area contributed by atoms with Gasteiger partial charge in [0.15, 0.2) is 6.29 Å². The van der Waals surface area contributed by atoms with Gasteiger partial charge in [0.2, 0.25) is 0 Å². The molecule has 1 N–H and O–H groups in total. The van der Waals surface area contributed by atoms with Crippen molar-refractivity contribution < 1.29 is 37.7 Å². The van der Waals surface area contributed by atoms with E-state index >= 15 is 0 Å². The van der Waals surface area contributed by atoms with E-state index in [0.717, 1.165) is 16.7 Å². The van der Waals surface area contributed by atoms with Crippen LogP contribution >= 0.6 is 0 Å². The molecular weight excluding hydrogens is 653 g/mol. The molecular formula is C41H42FNO8. The number of rotatable bonds is 4. The van der Waals surface area contributed by atoms with Gasteiger partial charge in [-0.2, -0.15) is 0 Å². The maximum Gasteiger partial charge on any atom is 0.345 e. The molecule has 9 nitrogen and oxygen atoms in total. The molecule has 2 aliphatic heterocycles. The minimum atomic E-state index is -1.30. The highest BCUT2D eigenvalue weighted by Gasteiger charge is 2.71. The Morgan fingerprint density at radius 2 is 1.82 bits per heavy atom. The molecule has 10 heteroatoms. The smallest absolute Gasteiger partial charge is 0.345 e. The highest BCUT2D eigenvalue weighted by molar-refractivity contribution is 5.89. The molecule has 3 unspecified atom stereocenters. The zero-order chi connectivity index (χ0) is 35.9. The number of esters is 1. The molecule has 1 saturated heterocycles. The Labute approximate surface area is 295 Å². The molecule has 2 aliphatic carbocycles. The number of ether oxygens (including phenoxy) is 4. The van der Waals surface area contributed by atoms with Crippen LogP contribution in [0.4, 0.5) is 4.39 Å². The molecule has 266 valence electrons. The molecule has 2 aromatic heterocycles. The molecule has 0 radical (unpaired) electrons. The molecule has 4 aliphatic rings. The van der Waals surface area contributed by atoms with Gasteiger partial charge in [-0.15, -0.1) is 0 Å². The topological polar surface area (TPSA) is 117 Å². The predicted octanol–water partition coefficient (Wildman–Crippen LogP) is 7.42. The van der Waals surface area contributed by atoms with E-state index in [1.165, 1.54) is 24.3 Å². The van der Waals surface area contributed by atoms with Crippen molar-refractivity contribution in [2.75, 3.05) is 6.61 Å². The first-order valence-electron chi connectivity index (χ1n) is 17.6. The molecule has 8 rings (SSSR count). The molecule has 4 aromatic rings. The van der Waals surface area contributed by atoms with Crippen LogP contribution in [0.5, 0.6) is 5.75 Å². The van der Waals surface area contributed by atoms with Gasteiger partial charge in [-0.1, -0.05) is 37.6 Å². The molecule has 51 heavy (non-hydrogen) atoms. The molecule has 0 amide bonds. The average molecular weight is 696 g/mol. The minimum absolute atomic E-state index is 0.0360. The number of fused-ring (bicyclic) bond motifs is 6. The van der Waals surface area contributed by atoms with Crippen molar-refractivity contribution in [1.82, 2.24) is 4.98 Å². The number of carbonyl (C=O) groups is 1. The fraction of sp³-hybridized carbons (Fsp3) is 0.439. The Balaban J connectivity index is 1.20. The van der Waals surface area contributed by atoms with Crippen LogP contribution in [-0.4, -0.2) is 40.5 Å². The number of aromatic nitrogens is 1. The van der Waals surface area contributed by atoms with Crippen LogP contribution in [0.2, 0.25) is 0 Å². The van der Waals surface area contributed by atoms with E-state index < -0.39 is 58.3 Å². The van der Waals surface area contributed by atoms with Crippen molar-refractivity contribution in [3.63, 3.8) is 0 Å². The summed E-state index contributed by atoms with van der Waals surface area (Å²) in [5.74, 6) is -1.58. The first-order chi connectivity index (χ1) is 24.3. The van der Waals surface area contributed by atoms with Crippen LogP contribution in [0.3, 0.4) is 0 Å². The van der Waals surface area contributed by atoms with Gasteiger partial charge < -0.3 is 28.5 Å². The largest absolute Gasteiger partial charge is 0.482 e. The quantitative estimate of drug-likeness (QED) is 0.218. The minimum Gasteiger partial charge on any atom is -0.482 e. The lowest BCUT2D eigenvalue weighted by atomic mass is 9.42. The maximum absolute atomic E-state index is 13.8. The summed E-state index contributed by atoms with van der Waals surface area (Å²) in [7, 11) is 0. The van der Waals surface area contributed by atoms with Crippen LogP contribution < -0.4 is 10.4 Å². The number of carbonyl (C=O) groups excluding carboxylic acids is 1. The van der Waals surface area contributed by atoms with E-state index in [4.69, 9.17) is 23.4 Å². The number of pyridine rings is 1. The number of aryl methyl sites for hydroxylation is 2. The first-order valence-corrected chi connectivity index (χ1v) is 17.6. The second kappa shape index (κ2) is 12.1. The van der Waals surface area contributed by atoms with Gasteiger partial charge in [0, 0.05) is 40.9 Å². The van der Waals surface area contributed by atoms with Crippen molar-refractivity contribution in [3.8, 4) is 17.1 Å². The second-order valence-electron chi connectivity index (χ2n) is 15.5. The fourth-order valence-corrected chi connectivity index (χ4v) is 9.89. The van der Waals surface area contributed by atoms with E-state index in [1.807, 2.05) is 6.92 Å². The van der Waals surface area contributed by atoms with Crippen LogP contribution in [0.25, 0.3) is 11.3 Å². The molecule has 4 heterocycles. The summed E-state index contributed by atoms with van der Waals surface area (Å²) in [6.45, 7) is 10.6. The summed E-state index contributed by atoms with van der Waals surface area (Å²) in [6.07, 6.45) is 2.04. The van der Waals surface area contributed by atoms with Crippen LogP contribution in [0.1, 0.15) is 85.0 Å². The lowest BCUT2D eigenvalue weighted by Gasteiger charge is -2.67. The predicted molar refractivity (Wildman–Crippen MR) is 184 cm³/mol. The summed E-state index contributed by atoms with van der Waals surface area (Å²) >= 11 is 0. The number of nitrogens with zero attached hydrogens (tertiary/aromatic N) is 1. The molecule has 9 atom stereocenters. The van der Waals surface area contributed by atoms with Crippen molar-refractivity contribution in [2.45, 2.75) is 84.1 Å². The van der Waals surface area contributed by atoms with Crippen LogP contribution in [-0.2, 0) is 14.2 Å². The Morgan fingerprint density at radius 1 is 1.04 bits per heavy atom. The maximum atomic E-state index is 13.8. The third kappa shape index (κ3) is 5.33. The van der Waals surface area contributed by atoms with Crippen molar-refractivity contribution >= 4 is 5.97 Å². The Kier molecular flexibility index (Phi) is 8.01. The Hall–Kier alpha value is -4.38. The van der Waals surface area contributed by atoms with Gasteiger partial charge in [0.1, 0.15) is 34.6 Å². The summed E-state index contributed by atoms with van der Waals surface area (Å²) in [5.41, 5.74) is 0.919. The zero-order valence-corrected chi connectivity index (χ0v) is 29.4. The number of aliphatic hydroxyl groups excluding tert-OH is 1. The third-order valence-electron chi connectivity index (χ3n) is 12.4. The normalized spacial score (nSPS) is 33.9. The monoisotopic (exact) mass is 695 g/mol. The summed E-state index contributed by atoms with van der Waals surface area (Å²) in [6, 6.07) is 16.5. The van der Waals surface area contributed by atoms with Gasteiger partial charge in [-0.05, 0) is 93.3 Å². The standard InChI is InChI=1S/C41H42FNO8/c1-22-8-13-27(23(2)17-22)38-47-21-40(4)30-19-32(49-36(45)24-9-11-26(42)12-10-24)41(5)35(39(30,3)15-14-31(40)50-38)34(44)33-29(51-41)18-28(48-37(33)46)25-7-6-16-43-20-25/h6-13,16-18,20,30-32,34-35,38,44H,14-15,19,21H2,1-5H3/t30?,31-,32-,34?,35?,38+,39-,40-,41+/m0/s1. The molecule has 3 fully saturated rings. The van der Waals surface area contributed by atoms with Crippen LogP contribution in [0.15, 0.2) is 82.3 Å². The highest BCUT2D eigenvalue weighted by atomic mass is 19.1. The number of halogens is 1. The SMILES string of the molecule is Cc1ccc([C@@H]2OC[C@@]3(C)C4C[C@H](OC(=O)c5ccc(F)cc5)[C@@]5(C)Oc6cc(-c7cccnc7)oc(=O)c6C(O)C5[C@@]4(C)CC[C@@H]3O2)c(C)c1. The van der Waals surface area contributed by atoms with Gasteiger partial charge in [-0.3, -0.25) is 4.98 Å². The van der Waals surface area contributed by atoms with Crippen molar-refractivity contribution in [1.29, 1.82) is 0 Å². The van der Waals surface area contributed by atoms with Crippen molar-refractivity contribution in [3.05, 3.63) is 117 Å². The lowest BCUT2D eigenvalue weighted by Crippen LogP contribution is -2.72. The van der Waals surface area contributed by atoms with E-state index in [9.17, 15) is 19.1 Å². The summed E-state index contributed by atoms with van der Waals surface area (Å²) in [5, 5.41) is 12.4. The number of benzene rings is 2. The Morgan fingerprint density at radius 3 is 2.55 bits per heavy atom. The molecule has 2 saturated carbocycles. The second-order valence-corrected chi connectivity index (χ2v) is 15.5. The molecule has 2 aromatic carbocycles. The Bertz CT molecular complexity index is 2050. The van der Waals surface area contributed by atoms with Crippen molar-refractivity contribution in [2.24, 2.45) is 22.7 Å². The average Bonchev–Trinajstić information content (AvgIpc) is 3.09. The summed E-state index contributed by atoms with van der Waals surface area (Å²) in [4.78, 5) is 31.6. The highest BCUT2D eigenvalue weighted by Crippen LogP contribution is 2.68. The zero-order valence-electron chi connectivity index (χ0n) is 29.4. The number of hydrogen-bond acceptors (Lipinski definition) is 9. The van der Waals surface area contributed by atoms with Gasteiger partial charge in [-0.25, -0.2) is 14.0 Å². The van der Waals surface area contributed by atoms with Crippen LogP contribution in [0, 0.1) is 42.3 Å². The van der Waals surface area contributed by atoms with Gasteiger partial charge >= 0.3 is 11.6 Å². The fourth-order valence-electron chi connectivity index (χ4n) is 9.89. The van der Waals surface area contributed by atoms with E-state index in [1.54, 1.807) is 30.6 Å². The van der Waals surface area contributed by atoms with E-state index in [2.05, 4.69) is 50.9 Å². The third-order valence-corrected chi connectivity index (χ3v) is 12.4. The molecule has 0 spiro atoms. The van der Waals surface area contributed by atoms with E-state index in [-0.39, 0.29) is 34.7 Å². The molecule has 0 bridgehead atoms. The van der Waals surface area contributed by atoms with Gasteiger partial charge in [0.25, 0.3) is 0 Å².